The Kier molecular flexibility index (Phi) is 4.23. The largest absolute Gasteiger partial charge is 0.481 e. The van der Waals surface area contributed by atoms with Gasteiger partial charge < -0.3 is 10.1 Å². The van der Waals surface area contributed by atoms with Crippen LogP contribution in [-0.4, -0.2) is 22.1 Å². The molecule has 20 heavy (non-hydrogen) atoms. The molecule has 1 N–H and O–H groups in total. The summed E-state index contributed by atoms with van der Waals surface area (Å²) in [4.78, 5) is 13.1. The van der Waals surface area contributed by atoms with E-state index in [0.717, 1.165) is 10.7 Å². The van der Waals surface area contributed by atoms with Gasteiger partial charge in [0.25, 0.3) is 0 Å². The highest BCUT2D eigenvalue weighted by Gasteiger charge is 2.19. The second-order valence-electron chi connectivity index (χ2n) is 5.61. The molecule has 1 atom stereocenters. The molecule has 2 aromatic heterocycles. The number of rotatable bonds is 4. The lowest BCUT2D eigenvalue weighted by molar-refractivity contribution is 0.397. The van der Waals surface area contributed by atoms with Gasteiger partial charge in [-0.05, 0) is 6.92 Å². The predicted octanol–water partition coefficient (Wildman–Crippen LogP) is 3.41. The van der Waals surface area contributed by atoms with Crippen molar-refractivity contribution in [3.8, 4) is 5.88 Å². The van der Waals surface area contributed by atoms with Gasteiger partial charge >= 0.3 is 0 Å². The Morgan fingerprint density at radius 1 is 1.30 bits per heavy atom. The molecule has 0 fully saturated rings. The van der Waals surface area contributed by atoms with Crippen LogP contribution in [0.25, 0.3) is 0 Å². The summed E-state index contributed by atoms with van der Waals surface area (Å²) in [6.07, 6.45) is 1.67. The zero-order valence-corrected chi connectivity index (χ0v) is 13.3. The first-order valence-electron chi connectivity index (χ1n) is 6.49. The summed E-state index contributed by atoms with van der Waals surface area (Å²) >= 11 is 1.65. The molecule has 0 aliphatic heterocycles. The van der Waals surface area contributed by atoms with Crippen molar-refractivity contribution < 1.29 is 4.74 Å². The third-order valence-electron chi connectivity index (χ3n) is 2.85. The molecule has 108 valence electrons. The number of nitrogens with zero attached hydrogens (tertiary/aromatic N) is 3. The van der Waals surface area contributed by atoms with E-state index < -0.39 is 0 Å². The van der Waals surface area contributed by atoms with Crippen molar-refractivity contribution in [3.05, 3.63) is 28.3 Å². The number of thiazole rings is 1. The number of nitrogens with one attached hydrogen (secondary N) is 1. The third-order valence-corrected chi connectivity index (χ3v) is 3.87. The average molecular weight is 292 g/mol. The summed E-state index contributed by atoms with van der Waals surface area (Å²) in [5.41, 5.74) is 1.18. The average Bonchev–Trinajstić information content (AvgIpc) is 2.88. The molecule has 2 rings (SSSR count). The topological polar surface area (TPSA) is 59.9 Å². The van der Waals surface area contributed by atoms with Crippen LogP contribution in [0.3, 0.4) is 0 Å². The molecule has 6 heteroatoms. The highest BCUT2D eigenvalue weighted by Crippen LogP contribution is 2.27. The number of methoxy groups -OCH3 is 1. The molecule has 0 radical (unpaired) electrons. The molecular weight excluding hydrogens is 272 g/mol. The van der Waals surface area contributed by atoms with Gasteiger partial charge in [-0.15, -0.1) is 11.3 Å². The van der Waals surface area contributed by atoms with Crippen LogP contribution in [-0.2, 0) is 5.41 Å². The zero-order valence-electron chi connectivity index (χ0n) is 12.5. The molecule has 2 heterocycles. The molecule has 0 aliphatic rings. The molecule has 5 nitrogen and oxygen atoms in total. The lowest BCUT2D eigenvalue weighted by Crippen LogP contribution is -2.13. The van der Waals surface area contributed by atoms with Gasteiger partial charge in [0, 0.05) is 23.1 Å². The van der Waals surface area contributed by atoms with Crippen LogP contribution in [0.2, 0.25) is 0 Å². The molecule has 0 aliphatic carbocycles. The molecule has 0 saturated heterocycles. The number of anilines is 1. The van der Waals surface area contributed by atoms with E-state index in [-0.39, 0.29) is 11.5 Å². The molecule has 0 bridgehead atoms. The maximum atomic E-state index is 5.09. The van der Waals surface area contributed by atoms with Crippen LogP contribution in [0, 0.1) is 0 Å². The van der Waals surface area contributed by atoms with Crippen molar-refractivity contribution in [2.45, 2.75) is 39.2 Å². The fraction of sp³-hybridized carbons (Fsp3) is 0.500. The molecule has 0 spiro atoms. The maximum absolute atomic E-state index is 5.09. The Morgan fingerprint density at radius 2 is 2.05 bits per heavy atom. The number of hydrogen-bond donors (Lipinski definition) is 1. The highest BCUT2D eigenvalue weighted by atomic mass is 32.1. The van der Waals surface area contributed by atoms with Crippen molar-refractivity contribution in [1.82, 2.24) is 15.0 Å². The standard InChI is InChI=1S/C14H20N4OS/c1-9(12-17-10(8-20-12)14(2,3)4)16-13-15-7-6-11(18-13)19-5/h6-9H,1-5H3,(H,15,16,18). The predicted molar refractivity (Wildman–Crippen MR) is 81.4 cm³/mol. The Bertz CT molecular complexity index is 577. The minimum absolute atomic E-state index is 0.0585. The first-order valence-corrected chi connectivity index (χ1v) is 7.37. The fourth-order valence-electron chi connectivity index (χ4n) is 1.61. The number of hydrogen-bond acceptors (Lipinski definition) is 6. The summed E-state index contributed by atoms with van der Waals surface area (Å²) in [7, 11) is 1.59. The Labute approximate surface area is 123 Å². The van der Waals surface area contributed by atoms with E-state index in [9.17, 15) is 0 Å². The smallest absolute Gasteiger partial charge is 0.226 e. The van der Waals surface area contributed by atoms with Crippen LogP contribution < -0.4 is 10.1 Å². The van der Waals surface area contributed by atoms with Gasteiger partial charge in [-0.25, -0.2) is 9.97 Å². The van der Waals surface area contributed by atoms with Crippen LogP contribution in [0.4, 0.5) is 5.95 Å². The van der Waals surface area contributed by atoms with Crippen LogP contribution in [0.5, 0.6) is 5.88 Å². The van der Waals surface area contributed by atoms with E-state index in [1.807, 2.05) is 6.92 Å². The molecular formula is C14H20N4OS. The lowest BCUT2D eigenvalue weighted by atomic mass is 9.93. The number of ether oxygens (including phenoxy) is 1. The normalized spacial score (nSPS) is 13.1. The van der Waals surface area contributed by atoms with E-state index in [1.54, 1.807) is 30.7 Å². The molecule has 0 saturated carbocycles. The highest BCUT2D eigenvalue weighted by molar-refractivity contribution is 7.09. The van der Waals surface area contributed by atoms with E-state index >= 15 is 0 Å². The first kappa shape index (κ1) is 14.7. The monoisotopic (exact) mass is 292 g/mol. The van der Waals surface area contributed by atoms with E-state index in [4.69, 9.17) is 4.74 Å². The Balaban J connectivity index is 2.11. The van der Waals surface area contributed by atoms with Crippen molar-refractivity contribution in [2.75, 3.05) is 12.4 Å². The van der Waals surface area contributed by atoms with Crippen LogP contribution >= 0.6 is 11.3 Å². The summed E-state index contributed by atoms with van der Waals surface area (Å²) in [5, 5.41) is 6.38. The van der Waals surface area contributed by atoms with Crippen molar-refractivity contribution in [2.24, 2.45) is 0 Å². The SMILES string of the molecule is COc1ccnc(NC(C)c2nc(C(C)(C)C)cs2)n1. The number of aromatic nitrogens is 3. The van der Waals surface area contributed by atoms with Gasteiger partial charge in [0.2, 0.25) is 11.8 Å². The fourth-order valence-corrected chi connectivity index (χ4v) is 2.66. The van der Waals surface area contributed by atoms with Gasteiger partial charge in [-0.3, -0.25) is 0 Å². The Hall–Kier alpha value is -1.69. The molecule has 2 aromatic rings. The second-order valence-corrected chi connectivity index (χ2v) is 6.50. The van der Waals surface area contributed by atoms with E-state index in [2.05, 4.69) is 46.4 Å². The minimum Gasteiger partial charge on any atom is -0.481 e. The summed E-state index contributed by atoms with van der Waals surface area (Å²) in [6.45, 7) is 8.54. The molecule has 0 aromatic carbocycles. The maximum Gasteiger partial charge on any atom is 0.226 e. The van der Waals surface area contributed by atoms with E-state index in [0.29, 0.717) is 11.8 Å². The van der Waals surface area contributed by atoms with Crippen LogP contribution in [0.15, 0.2) is 17.6 Å². The summed E-state index contributed by atoms with van der Waals surface area (Å²) in [5.74, 6) is 1.09. The van der Waals surface area contributed by atoms with Gasteiger partial charge in [0.15, 0.2) is 0 Å². The second kappa shape index (κ2) is 5.75. The van der Waals surface area contributed by atoms with Crippen molar-refractivity contribution in [1.29, 1.82) is 0 Å². The molecule has 0 amide bonds. The van der Waals surface area contributed by atoms with E-state index in [1.165, 1.54) is 0 Å². The lowest BCUT2D eigenvalue weighted by Gasteiger charge is -2.15. The van der Waals surface area contributed by atoms with Gasteiger partial charge in [0.05, 0.1) is 18.8 Å². The van der Waals surface area contributed by atoms with Crippen LogP contribution in [0.1, 0.15) is 44.4 Å². The zero-order chi connectivity index (χ0) is 14.8. The molecule has 1 unspecified atom stereocenters. The van der Waals surface area contributed by atoms with Gasteiger partial charge in [-0.1, -0.05) is 20.8 Å². The van der Waals surface area contributed by atoms with Gasteiger partial charge in [0.1, 0.15) is 5.01 Å². The van der Waals surface area contributed by atoms with Crippen molar-refractivity contribution >= 4 is 17.3 Å². The Morgan fingerprint density at radius 3 is 2.65 bits per heavy atom. The minimum atomic E-state index is 0.0585. The summed E-state index contributed by atoms with van der Waals surface area (Å²) in [6, 6.07) is 1.78. The summed E-state index contributed by atoms with van der Waals surface area (Å²) < 4.78 is 5.09. The van der Waals surface area contributed by atoms with Gasteiger partial charge in [-0.2, -0.15) is 4.98 Å². The quantitative estimate of drug-likeness (QED) is 0.935. The van der Waals surface area contributed by atoms with Crippen molar-refractivity contribution in [3.63, 3.8) is 0 Å². The first-order chi connectivity index (χ1) is 9.40. The third kappa shape index (κ3) is 3.45.